The lowest BCUT2D eigenvalue weighted by atomic mass is 10.1. The smallest absolute Gasteiger partial charge is 0.266 e. The minimum atomic E-state index is -0.244. The lowest BCUT2D eigenvalue weighted by Crippen LogP contribution is -2.57. The van der Waals surface area contributed by atoms with Crippen molar-refractivity contribution in [2.45, 2.75) is 39.3 Å². The van der Waals surface area contributed by atoms with Crippen LogP contribution in [0.2, 0.25) is 0 Å². The van der Waals surface area contributed by atoms with Crippen LogP contribution in [0.3, 0.4) is 0 Å². The lowest BCUT2D eigenvalue weighted by molar-refractivity contribution is 0.0607. The van der Waals surface area contributed by atoms with Gasteiger partial charge >= 0.3 is 0 Å². The minimum Gasteiger partial charge on any atom is -0.332 e. The summed E-state index contributed by atoms with van der Waals surface area (Å²) in [7, 11) is 0. The Labute approximate surface area is 145 Å². The van der Waals surface area contributed by atoms with Gasteiger partial charge in [0, 0.05) is 31.6 Å². The van der Waals surface area contributed by atoms with E-state index in [2.05, 4.69) is 24.1 Å². The van der Waals surface area contributed by atoms with Crippen molar-refractivity contribution in [1.82, 2.24) is 15.2 Å². The number of nitrogens with zero attached hydrogens (tertiary/aromatic N) is 2. The first-order chi connectivity index (χ1) is 11.5. The number of carbonyl (C=O) groups is 1. The van der Waals surface area contributed by atoms with Crippen molar-refractivity contribution in [2.24, 2.45) is 0 Å². The first-order valence-corrected chi connectivity index (χ1v) is 9.02. The number of aryl methyl sites for hydroxylation is 1. The highest BCUT2D eigenvalue weighted by atomic mass is 32.1. The second-order valence-electron chi connectivity index (χ2n) is 6.31. The summed E-state index contributed by atoms with van der Waals surface area (Å²) >= 11 is 1.45. The zero-order chi connectivity index (χ0) is 17.3. The average Bonchev–Trinajstić information content (AvgIpc) is 2.92. The van der Waals surface area contributed by atoms with E-state index in [9.17, 15) is 9.18 Å². The number of aromatic nitrogens is 1. The topological polar surface area (TPSA) is 45.2 Å². The van der Waals surface area contributed by atoms with Crippen LogP contribution in [0.15, 0.2) is 24.3 Å². The number of hydrogen-bond acceptors (Lipinski definition) is 4. The number of benzene rings is 1. The average molecular weight is 347 g/mol. The third-order valence-corrected chi connectivity index (χ3v) is 5.74. The lowest BCUT2D eigenvalue weighted by Gasteiger charge is -2.38. The van der Waals surface area contributed by atoms with E-state index in [1.807, 2.05) is 11.8 Å². The van der Waals surface area contributed by atoms with E-state index in [4.69, 9.17) is 0 Å². The number of rotatable bonds is 3. The highest BCUT2D eigenvalue weighted by Crippen LogP contribution is 2.24. The molecule has 0 aliphatic carbocycles. The Hall–Kier alpha value is -1.79. The van der Waals surface area contributed by atoms with E-state index in [-0.39, 0.29) is 23.8 Å². The van der Waals surface area contributed by atoms with Gasteiger partial charge in [0.25, 0.3) is 5.91 Å². The van der Waals surface area contributed by atoms with Gasteiger partial charge in [0.15, 0.2) is 0 Å². The molecular weight excluding hydrogens is 325 g/mol. The number of carbonyl (C=O) groups excluding carboxylic acids is 1. The highest BCUT2D eigenvalue weighted by Gasteiger charge is 2.30. The molecule has 0 saturated carbocycles. The monoisotopic (exact) mass is 347 g/mol. The van der Waals surface area contributed by atoms with Gasteiger partial charge in [-0.05, 0) is 38.5 Å². The van der Waals surface area contributed by atoms with Crippen LogP contribution < -0.4 is 5.32 Å². The molecule has 24 heavy (non-hydrogen) atoms. The van der Waals surface area contributed by atoms with Crippen molar-refractivity contribution in [1.29, 1.82) is 0 Å². The quantitative estimate of drug-likeness (QED) is 0.928. The Balaban J connectivity index is 1.78. The van der Waals surface area contributed by atoms with Gasteiger partial charge in [0.05, 0.1) is 10.7 Å². The van der Waals surface area contributed by atoms with Gasteiger partial charge in [-0.3, -0.25) is 4.79 Å². The molecule has 0 spiro atoms. The summed E-state index contributed by atoms with van der Waals surface area (Å²) in [5.41, 5.74) is 1.77. The van der Waals surface area contributed by atoms with Crippen molar-refractivity contribution >= 4 is 17.2 Å². The fourth-order valence-electron chi connectivity index (χ4n) is 2.98. The van der Waals surface area contributed by atoms with Gasteiger partial charge in [-0.2, -0.15) is 0 Å². The van der Waals surface area contributed by atoms with Gasteiger partial charge in [-0.15, -0.1) is 11.3 Å². The summed E-state index contributed by atoms with van der Waals surface area (Å²) in [5, 5.41) is 4.28. The van der Waals surface area contributed by atoms with Gasteiger partial charge in [0.2, 0.25) is 0 Å². The van der Waals surface area contributed by atoms with Crippen LogP contribution in [0.5, 0.6) is 0 Å². The highest BCUT2D eigenvalue weighted by molar-refractivity contribution is 7.13. The van der Waals surface area contributed by atoms with E-state index in [1.54, 1.807) is 12.1 Å². The van der Waals surface area contributed by atoms with E-state index >= 15 is 0 Å². The standard InChI is InChI=1S/C18H22FN3OS/c1-11-13(3)22(9-8-20-11)18(23)17-12(2)21-16(24-17)10-14-4-6-15(19)7-5-14/h4-7,11,13,20H,8-10H2,1-3H3. The summed E-state index contributed by atoms with van der Waals surface area (Å²) in [4.78, 5) is 20.1. The Morgan fingerprint density at radius 3 is 2.79 bits per heavy atom. The first-order valence-electron chi connectivity index (χ1n) is 8.21. The first kappa shape index (κ1) is 17.0. The second kappa shape index (κ2) is 6.99. The molecule has 1 aliphatic heterocycles. The molecular formula is C18H22FN3OS. The van der Waals surface area contributed by atoms with E-state index < -0.39 is 0 Å². The molecule has 3 rings (SSSR count). The van der Waals surface area contributed by atoms with Gasteiger partial charge in [-0.25, -0.2) is 9.37 Å². The molecule has 1 amide bonds. The third-order valence-electron chi connectivity index (χ3n) is 4.60. The van der Waals surface area contributed by atoms with E-state index in [0.29, 0.717) is 11.3 Å². The molecule has 1 aromatic heterocycles. The Bertz CT molecular complexity index is 728. The molecule has 1 saturated heterocycles. The number of nitrogens with one attached hydrogen (secondary N) is 1. The molecule has 2 aromatic rings. The normalized spacial score (nSPS) is 21.1. The zero-order valence-electron chi connectivity index (χ0n) is 14.2. The van der Waals surface area contributed by atoms with Crippen LogP contribution in [-0.2, 0) is 6.42 Å². The fraction of sp³-hybridized carbons (Fsp3) is 0.444. The van der Waals surface area contributed by atoms with Crippen molar-refractivity contribution in [3.8, 4) is 0 Å². The van der Waals surface area contributed by atoms with E-state index in [1.165, 1.54) is 23.5 Å². The van der Waals surface area contributed by atoms with Crippen LogP contribution in [0.4, 0.5) is 4.39 Å². The summed E-state index contributed by atoms with van der Waals surface area (Å²) in [6, 6.07) is 6.86. The third kappa shape index (κ3) is 3.49. The SMILES string of the molecule is Cc1nc(Cc2ccc(F)cc2)sc1C(=O)N1CCNC(C)C1C. The Kier molecular flexibility index (Phi) is 4.96. The molecule has 1 N–H and O–H groups in total. The van der Waals surface area contributed by atoms with Crippen LogP contribution >= 0.6 is 11.3 Å². The molecule has 1 aromatic carbocycles. The van der Waals surface area contributed by atoms with Crippen molar-refractivity contribution < 1.29 is 9.18 Å². The molecule has 0 bridgehead atoms. The minimum absolute atomic E-state index is 0.0659. The maximum atomic E-state index is 13.0. The molecule has 4 nitrogen and oxygen atoms in total. The maximum Gasteiger partial charge on any atom is 0.266 e. The molecule has 6 heteroatoms. The molecule has 128 valence electrons. The van der Waals surface area contributed by atoms with Crippen LogP contribution in [0.1, 0.15) is 39.8 Å². The van der Waals surface area contributed by atoms with E-state index in [0.717, 1.165) is 29.4 Å². The zero-order valence-corrected chi connectivity index (χ0v) is 15.0. The fourth-order valence-corrected chi connectivity index (χ4v) is 4.03. The number of hydrogen-bond donors (Lipinski definition) is 1. The van der Waals surface area contributed by atoms with Gasteiger partial charge in [-0.1, -0.05) is 12.1 Å². The number of thiazole rings is 1. The van der Waals surface area contributed by atoms with Crippen molar-refractivity contribution in [3.63, 3.8) is 0 Å². The summed E-state index contributed by atoms with van der Waals surface area (Å²) in [6.07, 6.45) is 0.618. The number of amides is 1. The molecule has 2 heterocycles. The Morgan fingerprint density at radius 1 is 1.38 bits per heavy atom. The summed E-state index contributed by atoms with van der Waals surface area (Å²) in [5.74, 6) is -0.178. The second-order valence-corrected chi connectivity index (χ2v) is 7.39. The van der Waals surface area contributed by atoms with Crippen LogP contribution in [-0.4, -0.2) is 41.0 Å². The van der Waals surface area contributed by atoms with Crippen molar-refractivity contribution in [2.75, 3.05) is 13.1 Å². The summed E-state index contributed by atoms with van der Waals surface area (Å²) < 4.78 is 13.0. The maximum absolute atomic E-state index is 13.0. The number of piperazine rings is 1. The molecule has 1 fully saturated rings. The van der Waals surface area contributed by atoms with Gasteiger partial charge < -0.3 is 10.2 Å². The van der Waals surface area contributed by atoms with Crippen LogP contribution in [0.25, 0.3) is 0 Å². The molecule has 2 atom stereocenters. The number of halogens is 1. The summed E-state index contributed by atoms with van der Waals surface area (Å²) in [6.45, 7) is 7.59. The Morgan fingerprint density at radius 2 is 2.08 bits per heavy atom. The molecule has 1 aliphatic rings. The molecule has 0 radical (unpaired) electrons. The molecule has 2 unspecified atom stereocenters. The predicted molar refractivity (Wildman–Crippen MR) is 94.0 cm³/mol. The van der Waals surface area contributed by atoms with Crippen LogP contribution in [0, 0.1) is 12.7 Å². The van der Waals surface area contributed by atoms with Crippen molar-refractivity contribution in [3.05, 3.63) is 51.2 Å². The van der Waals surface area contributed by atoms with Gasteiger partial charge in [0.1, 0.15) is 10.7 Å². The predicted octanol–water partition coefficient (Wildman–Crippen LogP) is 3.00. The largest absolute Gasteiger partial charge is 0.332 e.